The van der Waals surface area contributed by atoms with Crippen molar-refractivity contribution >= 4 is 28.5 Å². The summed E-state index contributed by atoms with van der Waals surface area (Å²) < 4.78 is 3.39. The van der Waals surface area contributed by atoms with Gasteiger partial charge in [-0.3, -0.25) is 9.36 Å². The van der Waals surface area contributed by atoms with E-state index in [0.717, 1.165) is 28.0 Å². The van der Waals surface area contributed by atoms with E-state index in [9.17, 15) is 4.79 Å². The molecule has 0 fully saturated rings. The van der Waals surface area contributed by atoms with Gasteiger partial charge in [-0.1, -0.05) is 35.9 Å². The van der Waals surface area contributed by atoms with Crippen molar-refractivity contribution in [1.29, 1.82) is 0 Å². The molecular formula is C23H15ClN4O. The van der Waals surface area contributed by atoms with Crippen molar-refractivity contribution < 1.29 is 4.79 Å². The topological polar surface area (TPSA) is 52.7 Å². The molecule has 0 saturated heterocycles. The molecule has 0 saturated carbocycles. The molecular weight excluding hydrogens is 384 g/mol. The maximum Gasteiger partial charge on any atom is 0.278 e. The maximum atomic E-state index is 12.6. The summed E-state index contributed by atoms with van der Waals surface area (Å²) in [5, 5.41) is 5.03. The summed E-state index contributed by atoms with van der Waals surface area (Å²) in [7, 11) is 0. The van der Waals surface area contributed by atoms with Gasteiger partial charge in [0.1, 0.15) is 6.33 Å². The summed E-state index contributed by atoms with van der Waals surface area (Å²) in [6.45, 7) is 0. The largest absolute Gasteiger partial charge is 0.299 e. The van der Waals surface area contributed by atoms with Crippen molar-refractivity contribution in [3.63, 3.8) is 0 Å². The van der Waals surface area contributed by atoms with E-state index in [2.05, 4.69) is 10.1 Å². The Hall–Kier alpha value is -3.70. The molecule has 0 aliphatic heterocycles. The highest BCUT2D eigenvalue weighted by Crippen LogP contribution is 2.22. The van der Waals surface area contributed by atoms with Crippen molar-refractivity contribution in [3.8, 4) is 16.9 Å². The van der Waals surface area contributed by atoms with Crippen LogP contribution in [0, 0.1) is 0 Å². The zero-order chi connectivity index (χ0) is 19.8. The lowest BCUT2D eigenvalue weighted by atomic mass is 10.1. The Balaban J connectivity index is 1.42. The fourth-order valence-corrected chi connectivity index (χ4v) is 3.40. The average Bonchev–Trinajstić information content (AvgIpc) is 3.42. The number of hydrogen-bond acceptors (Lipinski definition) is 3. The van der Waals surface area contributed by atoms with Gasteiger partial charge < -0.3 is 0 Å². The number of halogens is 1. The van der Waals surface area contributed by atoms with Gasteiger partial charge in [-0.05, 0) is 54.6 Å². The molecule has 140 valence electrons. The van der Waals surface area contributed by atoms with Crippen LogP contribution >= 0.6 is 11.6 Å². The van der Waals surface area contributed by atoms with E-state index in [4.69, 9.17) is 11.6 Å². The van der Waals surface area contributed by atoms with Crippen LogP contribution in [0.25, 0.3) is 28.0 Å². The fraction of sp³-hybridized carbons (Fsp3) is 0. The molecule has 0 bridgehead atoms. The third-order valence-corrected chi connectivity index (χ3v) is 5.04. The number of benzene rings is 3. The summed E-state index contributed by atoms with van der Waals surface area (Å²) in [5.41, 5.74) is 5.22. The lowest BCUT2D eigenvalue weighted by Gasteiger charge is -2.05. The lowest BCUT2D eigenvalue weighted by Crippen LogP contribution is -2.12. The Morgan fingerprint density at radius 2 is 1.62 bits per heavy atom. The van der Waals surface area contributed by atoms with Crippen LogP contribution in [0.4, 0.5) is 0 Å². The van der Waals surface area contributed by atoms with Crippen LogP contribution in [0.5, 0.6) is 0 Å². The first-order valence-corrected chi connectivity index (χ1v) is 9.46. The van der Waals surface area contributed by atoms with Gasteiger partial charge in [0.05, 0.1) is 16.7 Å². The van der Waals surface area contributed by atoms with E-state index >= 15 is 0 Å². The minimum absolute atomic E-state index is 0.200. The van der Waals surface area contributed by atoms with Crippen LogP contribution in [0.2, 0.25) is 5.02 Å². The zero-order valence-corrected chi connectivity index (χ0v) is 16.0. The van der Waals surface area contributed by atoms with Crippen molar-refractivity contribution in [1.82, 2.24) is 19.3 Å². The maximum absolute atomic E-state index is 12.6. The second kappa shape index (κ2) is 7.04. The highest BCUT2D eigenvalue weighted by Gasteiger charge is 2.11. The molecule has 2 heterocycles. The molecule has 5 nitrogen and oxygen atoms in total. The van der Waals surface area contributed by atoms with Gasteiger partial charge in [0, 0.05) is 28.0 Å². The van der Waals surface area contributed by atoms with Gasteiger partial charge in [-0.15, -0.1) is 0 Å². The summed E-state index contributed by atoms with van der Waals surface area (Å²) in [4.78, 5) is 17.0. The Kier molecular flexibility index (Phi) is 4.22. The van der Waals surface area contributed by atoms with E-state index in [1.54, 1.807) is 30.5 Å². The molecule has 5 rings (SSSR count). The molecule has 0 amide bonds. The first-order chi connectivity index (χ1) is 14.2. The predicted octanol–water partition coefficient (Wildman–Crippen LogP) is 5.23. The molecule has 3 aromatic carbocycles. The summed E-state index contributed by atoms with van der Waals surface area (Å²) in [6, 6.07) is 24.6. The third-order valence-electron chi connectivity index (χ3n) is 4.78. The molecule has 0 aliphatic rings. The van der Waals surface area contributed by atoms with E-state index in [0.29, 0.717) is 10.6 Å². The van der Waals surface area contributed by atoms with Crippen LogP contribution in [0.3, 0.4) is 0 Å². The number of imidazole rings is 1. The number of para-hydroxylation sites is 2. The molecule has 0 atom stereocenters. The van der Waals surface area contributed by atoms with Crippen LogP contribution in [-0.4, -0.2) is 25.2 Å². The first kappa shape index (κ1) is 17.4. The Labute approximate surface area is 171 Å². The molecule has 2 aromatic heterocycles. The van der Waals surface area contributed by atoms with Crippen LogP contribution in [0.15, 0.2) is 91.4 Å². The van der Waals surface area contributed by atoms with E-state index < -0.39 is 0 Å². The van der Waals surface area contributed by atoms with Gasteiger partial charge in [0.15, 0.2) is 0 Å². The standard InChI is InChI=1S/C23H15ClN4O/c24-18-9-5-17(6-10-18)23(29)28-14-13-20(26-28)16-7-11-19(12-8-16)27-15-25-21-3-1-2-4-22(21)27/h1-15H. The van der Waals surface area contributed by atoms with Gasteiger partial charge >= 0.3 is 0 Å². The lowest BCUT2D eigenvalue weighted by molar-refractivity contribution is 0.0945. The van der Waals surface area contributed by atoms with Crippen LogP contribution < -0.4 is 0 Å². The van der Waals surface area contributed by atoms with E-state index in [1.807, 2.05) is 65.5 Å². The number of rotatable bonds is 3. The van der Waals surface area contributed by atoms with Crippen LogP contribution in [-0.2, 0) is 0 Å². The number of carbonyl (C=O) groups is 1. The predicted molar refractivity (Wildman–Crippen MR) is 113 cm³/mol. The minimum Gasteiger partial charge on any atom is -0.299 e. The molecule has 5 aromatic rings. The number of fused-ring (bicyclic) bond motifs is 1. The quantitative estimate of drug-likeness (QED) is 0.418. The van der Waals surface area contributed by atoms with Gasteiger partial charge in [0.2, 0.25) is 0 Å². The Morgan fingerprint density at radius 3 is 2.41 bits per heavy atom. The monoisotopic (exact) mass is 398 g/mol. The smallest absolute Gasteiger partial charge is 0.278 e. The van der Waals surface area contributed by atoms with Crippen molar-refractivity contribution in [2.75, 3.05) is 0 Å². The summed E-state index contributed by atoms with van der Waals surface area (Å²) >= 11 is 5.89. The SMILES string of the molecule is O=C(c1ccc(Cl)cc1)n1ccc(-c2ccc(-n3cnc4ccccc43)cc2)n1. The second-order valence-electron chi connectivity index (χ2n) is 6.61. The highest BCUT2D eigenvalue weighted by atomic mass is 35.5. The zero-order valence-electron chi connectivity index (χ0n) is 15.2. The summed E-state index contributed by atoms with van der Waals surface area (Å²) in [6.07, 6.45) is 3.49. The molecule has 6 heteroatoms. The Morgan fingerprint density at radius 1 is 0.862 bits per heavy atom. The number of hydrogen-bond donors (Lipinski definition) is 0. The summed E-state index contributed by atoms with van der Waals surface area (Å²) in [5.74, 6) is -0.200. The van der Waals surface area contributed by atoms with Gasteiger partial charge in [-0.2, -0.15) is 5.10 Å². The number of aromatic nitrogens is 4. The van der Waals surface area contributed by atoms with Crippen molar-refractivity contribution in [2.45, 2.75) is 0 Å². The number of carbonyl (C=O) groups excluding carboxylic acids is 1. The molecule has 0 N–H and O–H groups in total. The highest BCUT2D eigenvalue weighted by molar-refractivity contribution is 6.30. The molecule has 0 spiro atoms. The van der Waals surface area contributed by atoms with Crippen molar-refractivity contribution in [2.24, 2.45) is 0 Å². The second-order valence-corrected chi connectivity index (χ2v) is 7.04. The third kappa shape index (κ3) is 3.22. The average molecular weight is 399 g/mol. The Bertz CT molecular complexity index is 1320. The molecule has 29 heavy (non-hydrogen) atoms. The first-order valence-electron chi connectivity index (χ1n) is 9.08. The minimum atomic E-state index is -0.200. The van der Waals surface area contributed by atoms with E-state index in [-0.39, 0.29) is 5.91 Å². The number of nitrogens with zero attached hydrogens (tertiary/aromatic N) is 4. The van der Waals surface area contributed by atoms with Gasteiger partial charge in [-0.25, -0.2) is 9.67 Å². The molecule has 0 radical (unpaired) electrons. The molecule has 0 unspecified atom stereocenters. The normalized spacial score (nSPS) is 11.1. The fourth-order valence-electron chi connectivity index (χ4n) is 3.27. The van der Waals surface area contributed by atoms with E-state index in [1.165, 1.54) is 4.68 Å². The van der Waals surface area contributed by atoms with Gasteiger partial charge in [0.25, 0.3) is 5.91 Å². The molecule has 0 aliphatic carbocycles. The van der Waals surface area contributed by atoms with Crippen LogP contribution in [0.1, 0.15) is 10.4 Å². The van der Waals surface area contributed by atoms with Crippen molar-refractivity contribution in [3.05, 3.63) is 102 Å².